The van der Waals surface area contributed by atoms with Gasteiger partial charge in [-0.15, -0.1) is 0 Å². The van der Waals surface area contributed by atoms with Gasteiger partial charge in [0.25, 0.3) is 5.91 Å². The van der Waals surface area contributed by atoms with Crippen molar-refractivity contribution in [1.29, 1.82) is 0 Å². The summed E-state index contributed by atoms with van der Waals surface area (Å²) in [6.07, 6.45) is 2.52. The maximum atomic E-state index is 12.0. The van der Waals surface area contributed by atoms with Crippen molar-refractivity contribution < 1.29 is 14.3 Å². The summed E-state index contributed by atoms with van der Waals surface area (Å²) in [6, 6.07) is 0. The highest BCUT2D eigenvalue weighted by molar-refractivity contribution is 5.84. The molecule has 1 aliphatic carbocycles. The largest absolute Gasteiger partial charge is 0.436 e. The fourth-order valence-corrected chi connectivity index (χ4v) is 1.99. The van der Waals surface area contributed by atoms with Crippen LogP contribution in [0.15, 0.2) is 0 Å². The quantitative estimate of drug-likeness (QED) is 0.739. The summed E-state index contributed by atoms with van der Waals surface area (Å²) in [5.41, 5.74) is 4.96. The van der Waals surface area contributed by atoms with E-state index in [1.165, 1.54) is 0 Å². The fraction of sp³-hybridized carbons (Fsp3) is 0.800. The second-order valence-corrected chi connectivity index (χ2v) is 4.23. The predicted molar refractivity (Wildman–Crippen MR) is 53.0 cm³/mol. The molecule has 0 aromatic rings. The smallest absolute Gasteiger partial charge is 0.405 e. The lowest BCUT2D eigenvalue weighted by Crippen LogP contribution is -2.41. The Labute approximate surface area is 88.5 Å². The molecule has 1 saturated heterocycles. The van der Waals surface area contributed by atoms with Gasteiger partial charge in [0.15, 0.2) is 6.10 Å². The van der Waals surface area contributed by atoms with E-state index >= 15 is 0 Å². The van der Waals surface area contributed by atoms with Gasteiger partial charge >= 0.3 is 6.09 Å². The second-order valence-electron chi connectivity index (χ2n) is 4.23. The van der Waals surface area contributed by atoms with Crippen LogP contribution in [0.25, 0.3) is 0 Å². The predicted octanol–water partition coefficient (Wildman–Crippen LogP) is 0.483. The molecule has 15 heavy (non-hydrogen) atoms. The molecule has 2 aliphatic rings. The minimum absolute atomic E-state index is 0.0613. The van der Waals surface area contributed by atoms with E-state index in [9.17, 15) is 9.59 Å². The van der Waals surface area contributed by atoms with Gasteiger partial charge in [-0.25, -0.2) is 4.79 Å². The van der Waals surface area contributed by atoms with Gasteiger partial charge in [0.2, 0.25) is 0 Å². The number of hydrogen-bond donors (Lipinski definition) is 1. The average molecular weight is 212 g/mol. The summed E-state index contributed by atoms with van der Waals surface area (Å²) in [5.74, 6) is 0.138. The third-order valence-electron chi connectivity index (χ3n) is 2.95. The molecule has 5 nitrogen and oxygen atoms in total. The van der Waals surface area contributed by atoms with Crippen LogP contribution in [0, 0.1) is 5.92 Å². The van der Waals surface area contributed by atoms with E-state index < -0.39 is 12.2 Å². The van der Waals surface area contributed by atoms with Crippen LogP contribution >= 0.6 is 0 Å². The Hall–Kier alpha value is -1.26. The third kappa shape index (κ3) is 2.40. The number of likely N-dealkylation sites (tertiary alicyclic amines) is 1. The molecule has 0 bridgehead atoms. The van der Waals surface area contributed by atoms with E-state index in [0.29, 0.717) is 0 Å². The van der Waals surface area contributed by atoms with E-state index in [-0.39, 0.29) is 11.8 Å². The number of carbonyl (C=O) groups excluding carboxylic acids is 2. The Morgan fingerprint density at radius 3 is 2.33 bits per heavy atom. The van der Waals surface area contributed by atoms with Crippen molar-refractivity contribution >= 4 is 12.0 Å². The molecule has 0 aromatic carbocycles. The van der Waals surface area contributed by atoms with Crippen molar-refractivity contribution in [2.75, 3.05) is 13.1 Å². The molecule has 2 fully saturated rings. The normalized spacial score (nSPS) is 22.5. The standard InChI is InChI=1S/C10H16N2O3/c11-10(14)15-8(7-3-4-7)9(13)12-5-1-2-6-12/h7-8H,1-6H2,(H2,11,14)/t8-/m1/s1. The van der Waals surface area contributed by atoms with Crippen LogP contribution in [-0.4, -0.2) is 36.1 Å². The van der Waals surface area contributed by atoms with Gasteiger partial charge in [-0.2, -0.15) is 0 Å². The molecular weight excluding hydrogens is 196 g/mol. The lowest BCUT2D eigenvalue weighted by Gasteiger charge is -2.22. The molecular formula is C10H16N2O3. The van der Waals surface area contributed by atoms with Crippen molar-refractivity contribution in [2.45, 2.75) is 31.8 Å². The first-order chi connectivity index (χ1) is 7.18. The monoisotopic (exact) mass is 212 g/mol. The summed E-state index contributed by atoms with van der Waals surface area (Å²) < 4.78 is 4.90. The van der Waals surface area contributed by atoms with Crippen LogP contribution in [0.1, 0.15) is 25.7 Å². The van der Waals surface area contributed by atoms with Crippen molar-refractivity contribution in [3.63, 3.8) is 0 Å². The van der Waals surface area contributed by atoms with Crippen molar-refractivity contribution in [3.8, 4) is 0 Å². The van der Waals surface area contributed by atoms with Crippen LogP contribution in [0.5, 0.6) is 0 Å². The number of carbonyl (C=O) groups is 2. The van der Waals surface area contributed by atoms with Crippen molar-refractivity contribution in [3.05, 3.63) is 0 Å². The van der Waals surface area contributed by atoms with Crippen LogP contribution < -0.4 is 5.73 Å². The number of primary amides is 1. The van der Waals surface area contributed by atoms with Gasteiger partial charge in [0.05, 0.1) is 0 Å². The first-order valence-electron chi connectivity index (χ1n) is 5.43. The summed E-state index contributed by atoms with van der Waals surface area (Å²) >= 11 is 0. The average Bonchev–Trinajstić information content (AvgIpc) is 2.88. The lowest BCUT2D eigenvalue weighted by atomic mass is 10.2. The Kier molecular flexibility index (Phi) is 2.79. The number of amides is 2. The van der Waals surface area contributed by atoms with E-state index in [2.05, 4.69) is 0 Å². The molecule has 1 heterocycles. The highest BCUT2D eigenvalue weighted by Crippen LogP contribution is 2.35. The molecule has 5 heteroatoms. The molecule has 1 aliphatic heterocycles. The SMILES string of the molecule is NC(=O)O[C@@H](C(=O)N1CCCC1)C1CC1. The molecule has 84 valence electrons. The molecule has 2 rings (SSSR count). The zero-order chi connectivity index (χ0) is 10.8. The molecule has 0 aromatic heterocycles. The maximum Gasteiger partial charge on any atom is 0.405 e. The fourth-order valence-electron chi connectivity index (χ4n) is 1.99. The minimum atomic E-state index is -0.848. The van der Waals surface area contributed by atoms with Gasteiger partial charge in [-0.05, 0) is 25.7 Å². The van der Waals surface area contributed by atoms with Gasteiger partial charge in [-0.3, -0.25) is 4.79 Å². The van der Waals surface area contributed by atoms with E-state index in [0.717, 1.165) is 38.8 Å². The van der Waals surface area contributed by atoms with Gasteiger partial charge in [0, 0.05) is 19.0 Å². The first kappa shape index (κ1) is 10.3. The molecule has 0 radical (unpaired) electrons. The zero-order valence-electron chi connectivity index (χ0n) is 8.65. The molecule has 1 atom stereocenters. The number of rotatable bonds is 3. The van der Waals surface area contributed by atoms with Crippen molar-refractivity contribution in [1.82, 2.24) is 4.90 Å². The number of hydrogen-bond acceptors (Lipinski definition) is 3. The van der Waals surface area contributed by atoms with E-state index in [1.807, 2.05) is 0 Å². The lowest BCUT2D eigenvalue weighted by molar-refractivity contribution is -0.140. The molecule has 0 unspecified atom stereocenters. The first-order valence-corrected chi connectivity index (χ1v) is 5.43. The topological polar surface area (TPSA) is 72.6 Å². The Morgan fingerprint density at radius 1 is 1.27 bits per heavy atom. The van der Waals surface area contributed by atoms with E-state index in [1.54, 1.807) is 4.90 Å². The van der Waals surface area contributed by atoms with E-state index in [4.69, 9.17) is 10.5 Å². The number of ether oxygens (including phenoxy) is 1. The molecule has 2 amide bonds. The Balaban J connectivity index is 1.96. The second kappa shape index (κ2) is 4.08. The van der Waals surface area contributed by atoms with Crippen LogP contribution in [-0.2, 0) is 9.53 Å². The number of nitrogens with zero attached hydrogens (tertiary/aromatic N) is 1. The summed E-state index contributed by atoms with van der Waals surface area (Å²) in [5, 5.41) is 0. The van der Waals surface area contributed by atoms with Gasteiger partial charge in [0.1, 0.15) is 0 Å². The Bertz CT molecular complexity index is 270. The zero-order valence-corrected chi connectivity index (χ0v) is 8.65. The van der Waals surface area contributed by atoms with Crippen LogP contribution in [0.4, 0.5) is 4.79 Å². The van der Waals surface area contributed by atoms with Crippen LogP contribution in [0.3, 0.4) is 0 Å². The van der Waals surface area contributed by atoms with Crippen molar-refractivity contribution in [2.24, 2.45) is 11.7 Å². The van der Waals surface area contributed by atoms with Gasteiger partial charge < -0.3 is 15.4 Å². The highest BCUT2D eigenvalue weighted by Gasteiger charge is 2.41. The maximum absolute atomic E-state index is 12.0. The highest BCUT2D eigenvalue weighted by atomic mass is 16.6. The molecule has 2 N–H and O–H groups in total. The summed E-state index contributed by atoms with van der Waals surface area (Å²) in [7, 11) is 0. The molecule has 1 saturated carbocycles. The summed E-state index contributed by atoms with van der Waals surface area (Å²) in [6.45, 7) is 1.56. The summed E-state index contributed by atoms with van der Waals surface area (Å²) in [4.78, 5) is 24.4. The Morgan fingerprint density at radius 2 is 1.87 bits per heavy atom. The third-order valence-corrected chi connectivity index (χ3v) is 2.95. The minimum Gasteiger partial charge on any atom is -0.436 e. The molecule has 0 spiro atoms. The van der Waals surface area contributed by atoms with Gasteiger partial charge in [-0.1, -0.05) is 0 Å². The van der Waals surface area contributed by atoms with Crippen LogP contribution in [0.2, 0.25) is 0 Å². The number of nitrogens with two attached hydrogens (primary N) is 1.